The number of nitrogens with one attached hydrogen (secondary N) is 1. The van der Waals surface area contributed by atoms with E-state index >= 15 is 0 Å². The van der Waals surface area contributed by atoms with E-state index in [1.165, 1.54) is 12.1 Å². The van der Waals surface area contributed by atoms with Crippen molar-refractivity contribution in [1.29, 1.82) is 0 Å². The van der Waals surface area contributed by atoms with Crippen LogP contribution in [0.1, 0.15) is 17.2 Å². The normalized spacial score (nSPS) is 12.4. The van der Waals surface area contributed by atoms with Gasteiger partial charge in [-0.1, -0.05) is 12.1 Å². The predicted molar refractivity (Wildman–Crippen MR) is 57.6 cm³/mol. The lowest BCUT2D eigenvalue weighted by molar-refractivity contribution is 0.614. The Morgan fingerprint density at radius 1 is 1.06 bits per heavy atom. The molecule has 16 heavy (non-hydrogen) atoms. The molecule has 3 N–H and O–H groups in total. The molecule has 1 unspecified atom stereocenters. The van der Waals surface area contributed by atoms with Gasteiger partial charge in [0.05, 0.1) is 12.2 Å². The zero-order chi connectivity index (χ0) is 11.4. The molecule has 82 valence electrons. The van der Waals surface area contributed by atoms with Gasteiger partial charge in [-0.3, -0.25) is 5.84 Å². The van der Waals surface area contributed by atoms with Crippen LogP contribution in [0.25, 0.3) is 0 Å². The van der Waals surface area contributed by atoms with Crippen molar-refractivity contribution in [2.24, 2.45) is 5.84 Å². The van der Waals surface area contributed by atoms with E-state index in [1.807, 2.05) is 0 Å². The molecular formula is C11H11FN4. The standard InChI is InChI=1S/C11H11FN4/c12-10-3-1-8(2-4-10)11(16-13)9-5-6-14-15-7-9/h1-7,11,16H,13H2. The van der Waals surface area contributed by atoms with Crippen LogP contribution in [0.15, 0.2) is 42.7 Å². The first-order valence-corrected chi connectivity index (χ1v) is 4.79. The number of nitrogens with two attached hydrogens (primary N) is 1. The number of rotatable bonds is 3. The summed E-state index contributed by atoms with van der Waals surface area (Å²) in [5, 5.41) is 7.47. The third kappa shape index (κ3) is 2.21. The SMILES string of the molecule is NNC(c1ccc(F)cc1)c1ccnnc1. The summed E-state index contributed by atoms with van der Waals surface area (Å²) in [4.78, 5) is 0. The Morgan fingerprint density at radius 3 is 2.38 bits per heavy atom. The van der Waals surface area contributed by atoms with Crippen LogP contribution in [0.4, 0.5) is 4.39 Å². The molecule has 1 aromatic carbocycles. The van der Waals surface area contributed by atoms with Crippen LogP contribution in [0.3, 0.4) is 0 Å². The van der Waals surface area contributed by atoms with E-state index in [1.54, 1.807) is 30.6 Å². The molecule has 0 aliphatic carbocycles. The fourth-order valence-corrected chi connectivity index (χ4v) is 1.51. The fourth-order valence-electron chi connectivity index (χ4n) is 1.51. The Kier molecular flexibility index (Phi) is 3.19. The Labute approximate surface area is 92.3 Å². The highest BCUT2D eigenvalue weighted by molar-refractivity contribution is 5.29. The lowest BCUT2D eigenvalue weighted by atomic mass is 10.0. The number of benzene rings is 1. The van der Waals surface area contributed by atoms with Gasteiger partial charge in [-0.2, -0.15) is 10.2 Å². The molecule has 0 bridgehead atoms. The average Bonchev–Trinajstić information content (AvgIpc) is 2.34. The average molecular weight is 218 g/mol. The number of aromatic nitrogens is 2. The number of hydrogen-bond donors (Lipinski definition) is 2. The van der Waals surface area contributed by atoms with Gasteiger partial charge in [0, 0.05) is 6.20 Å². The second kappa shape index (κ2) is 4.78. The molecule has 5 heteroatoms. The van der Waals surface area contributed by atoms with Gasteiger partial charge in [0.1, 0.15) is 5.82 Å². The molecule has 0 amide bonds. The molecule has 4 nitrogen and oxygen atoms in total. The molecule has 2 rings (SSSR count). The van der Waals surface area contributed by atoms with E-state index in [-0.39, 0.29) is 11.9 Å². The van der Waals surface area contributed by atoms with Crippen LogP contribution in [-0.4, -0.2) is 10.2 Å². The van der Waals surface area contributed by atoms with Crippen LogP contribution < -0.4 is 11.3 Å². The van der Waals surface area contributed by atoms with Crippen LogP contribution in [0.5, 0.6) is 0 Å². The van der Waals surface area contributed by atoms with Crippen molar-refractivity contribution in [3.8, 4) is 0 Å². The summed E-state index contributed by atoms with van der Waals surface area (Å²) < 4.78 is 12.8. The minimum absolute atomic E-state index is 0.212. The van der Waals surface area contributed by atoms with Gasteiger partial charge in [0.15, 0.2) is 0 Å². The molecule has 0 aliphatic rings. The van der Waals surface area contributed by atoms with Crippen molar-refractivity contribution < 1.29 is 4.39 Å². The maximum Gasteiger partial charge on any atom is 0.123 e. The first-order chi connectivity index (χ1) is 7.81. The zero-order valence-electron chi connectivity index (χ0n) is 8.47. The second-order valence-electron chi connectivity index (χ2n) is 3.33. The summed E-state index contributed by atoms with van der Waals surface area (Å²) in [5.41, 5.74) is 4.41. The van der Waals surface area contributed by atoms with Gasteiger partial charge in [-0.05, 0) is 29.3 Å². The van der Waals surface area contributed by atoms with Gasteiger partial charge in [0.2, 0.25) is 0 Å². The smallest absolute Gasteiger partial charge is 0.123 e. The van der Waals surface area contributed by atoms with Gasteiger partial charge in [-0.25, -0.2) is 9.82 Å². The molecule has 0 fully saturated rings. The van der Waals surface area contributed by atoms with Crippen molar-refractivity contribution in [1.82, 2.24) is 15.6 Å². The van der Waals surface area contributed by atoms with Crippen molar-refractivity contribution in [3.05, 3.63) is 59.7 Å². The van der Waals surface area contributed by atoms with E-state index in [2.05, 4.69) is 15.6 Å². The van der Waals surface area contributed by atoms with Crippen LogP contribution in [-0.2, 0) is 0 Å². The molecule has 0 spiro atoms. The van der Waals surface area contributed by atoms with Crippen LogP contribution in [0.2, 0.25) is 0 Å². The Bertz CT molecular complexity index is 443. The quantitative estimate of drug-likeness (QED) is 0.599. The van der Waals surface area contributed by atoms with Crippen molar-refractivity contribution in [3.63, 3.8) is 0 Å². The molecule has 1 aromatic heterocycles. The maximum absolute atomic E-state index is 12.8. The van der Waals surface area contributed by atoms with Crippen LogP contribution >= 0.6 is 0 Å². The maximum atomic E-state index is 12.8. The third-order valence-corrected chi connectivity index (χ3v) is 2.31. The minimum Gasteiger partial charge on any atom is -0.271 e. The summed E-state index contributed by atoms with van der Waals surface area (Å²) >= 11 is 0. The second-order valence-corrected chi connectivity index (χ2v) is 3.33. The Balaban J connectivity index is 2.33. The van der Waals surface area contributed by atoms with E-state index in [0.717, 1.165) is 11.1 Å². The number of halogens is 1. The largest absolute Gasteiger partial charge is 0.271 e. The highest BCUT2D eigenvalue weighted by Crippen LogP contribution is 2.19. The molecule has 0 saturated carbocycles. The predicted octanol–water partition coefficient (Wildman–Crippen LogP) is 1.17. The summed E-state index contributed by atoms with van der Waals surface area (Å²) in [7, 11) is 0. The molecular weight excluding hydrogens is 207 g/mol. The van der Waals surface area contributed by atoms with Crippen molar-refractivity contribution in [2.45, 2.75) is 6.04 Å². The lowest BCUT2D eigenvalue weighted by Gasteiger charge is -2.15. The summed E-state index contributed by atoms with van der Waals surface area (Å²) in [5.74, 6) is 5.21. The van der Waals surface area contributed by atoms with Gasteiger partial charge < -0.3 is 0 Å². The summed E-state index contributed by atoms with van der Waals surface area (Å²) in [6.07, 6.45) is 3.21. The first-order valence-electron chi connectivity index (χ1n) is 4.79. The fraction of sp³-hybridized carbons (Fsp3) is 0.0909. The van der Waals surface area contributed by atoms with Crippen LogP contribution in [0, 0.1) is 5.82 Å². The highest BCUT2D eigenvalue weighted by Gasteiger charge is 2.12. The van der Waals surface area contributed by atoms with Crippen molar-refractivity contribution >= 4 is 0 Å². The number of nitrogens with zero attached hydrogens (tertiary/aromatic N) is 2. The molecule has 0 radical (unpaired) electrons. The van der Waals surface area contributed by atoms with E-state index < -0.39 is 0 Å². The number of hydrogen-bond acceptors (Lipinski definition) is 4. The molecule has 0 aliphatic heterocycles. The molecule has 1 heterocycles. The lowest BCUT2D eigenvalue weighted by Crippen LogP contribution is -2.28. The monoisotopic (exact) mass is 218 g/mol. The zero-order valence-corrected chi connectivity index (χ0v) is 8.47. The van der Waals surface area contributed by atoms with Gasteiger partial charge in [-0.15, -0.1) is 0 Å². The van der Waals surface area contributed by atoms with E-state index in [9.17, 15) is 4.39 Å². The molecule has 2 aromatic rings. The first kappa shape index (κ1) is 10.7. The van der Waals surface area contributed by atoms with E-state index in [4.69, 9.17) is 5.84 Å². The highest BCUT2D eigenvalue weighted by atomic mass is 19.1. The topological polar surface area (TPSA) is 63.8 Å². The number of hydrazine groups is 1. The Morgan fingerprint density at radius 2 is 1.81 bits per heavy atom. The van der Waals surface area contributed by atoms with Gasteiger partial charge in [0.25, 0.3) is 0 Å². The molecule has 1 atom stereocenters. The summed E-state index contributed by atoms with van der Waals surface area (Å²) in [6.45, 7) is 0. The minimum atomic E-state index is -0.271. The Hall–Kier alpha value is -1.85. The summed E-state index contributed by atoms with van der Waals surface area (Å²) in [6, 6.07) is 7.75. The third-order valence-electron chi connectivity index (χ3n) is 2.31. The van der Waals surface area contributed by atoms with Crippen molar-refractivity contribution in [2.75, 3.05) is 0 Å². The van der Waals surface area contributed by atoms with Gasteiger partial charge >= 0.3 is 0 Å². The van der Waals surface area contributed by atoms with E-state index in [0.29, 0.717) is 0 Å². The molecule has 0 saturated heterocycles.